The van der Waals surface area contributed by atoms with E-state index in [1.54, 1.807) is 53.8 Å². The highest BCUT2D eigenvalue weighted by Crippen LogP contribution is 2.28. The van der Waals surface area contributed by atoms with Crippen molar-refractivity contribution in [3.05, 3.63) is 35.9 Å². The molecule has 7 atom stereocenters. The van der Waals surface area contributed by atoms with Crippen LogP contribution in [0.1, 0.15) is 145 Å². The first kappa shape index (κ1) is 60.2. The van der Waals surface area contributed by atoms with Crippen molar-refractivity contribution in [3.63, 3.8) is 0 Å². The summed E-state index contributed by atoms with van der Waals surface area (Å²) in [7, 11) is 1.60. The van der Waals surface area contributed by atoms with E-state index < -0.39 is 71.6 Å². The van der Waals surface area contributed by atoms with Crippen LogP contribution in [0.4, 0.5) is 9.59 Å². The van der Waals surface area contributed by atoms with E-state index in [1.165, 1.54) is 4.90 Å². The summed E-state index contributed by atoms with van der Waals surface area (Å²) in [6.07, 6.45) is 7.57. The maximum absolute atomic E-state index is 14.4. The Bertz CT molecular complexity index is 1720. The first-order chi connectivity index (χ1) is 32.6. The van der Waals surface area contributed by atoms with Gasteiger partial charge in [0, 0.05) is 26.2 Å². The molecule has 0 aromatic heterocycles. The molecule has 2 rings (SSSR count). The minimum Gasteiger partial charge on any atom is -0.445 e. The van der Waals surface area contributed by atoms with Crippen molar-refractivity contribution in [2.75, 3.05) is 40.0 Å². The zero-order valence-electron chi connectivity index (χ0n) is 43.3. The second kappa shape index (κ2) is 32.0. The summed E-state index contributed by atoms with van der Waals surface area (Å²) in [6, 6.07) is 5.44. The Hall–Kier alpha value is -4.97. The molecule has 1 aliphatic rings. The van der Waals surface area contributed by atoms with E-state index >= 15 is 0 Å². The highest BCUT2D eigenvalue weighted by atomic mass is 16.6. The maximum Gasteiger partial charge on any atom is 0.407 e. The van der Waals surface area contributed by atoms with Crippen molar-refractivity contribution in [2.24, 2.45) is 29.4 Å². The Morgan fingerprint density at radius 1 is 0.797 bits per heavy atom. The molecule has 0 saturated heterocycles. The molecule has 0 radical (unpaired) electrons. The summed E-state index contributed by atoms with van der Waals surface area (Å²) in [5.74, 6) is -3.82. The number of ether oxygens (including phenoxy) is 4. The smallest absolute Gasteiger partial charge is 0.407 e. The van der Waals surface area contributed by atoms with Crippen molar-refractivity contribution in [1.29, 1.82) is 0 Å². The van der Waals surface area contributed by atoms with Gasteiger partial charge < -0.3 is 56.2 Å². The first-order valence-electron chi connectivity index (χ1n) is 25.2. The number of unbranched alkanes of at least 4 members (excludes halogenated alkanes) is 3. The molecule has 69 heavy (non-hydrogen) atoms. The van der Waals surface area contributed by atoms with Crippen LogP contribution in [-0.2, 0) is 49.5 Å². The van der Waals surface area contributed by atoms with Crippen molar-refractivity contribution in [2.45, 2.75) is 182 Å². The standard InChI is InChI=1S/C51H87N7O11/c1-11-12-13-20-26-42(67-32-36(5)55-45(60)35(4)31-66-28-21-27-53-50(65)69-51(7,8)9)37(6)48(63)58(10)41(29-34(2)3)46(61)57-43(39-24-18-15-19-25-39)47(62)56-40(44(52)59)30-54-49(64)68-33-38-22-16-14-17-23-38/h14,16-17,22-23,34-37,39-43H,11-13,15,18-21,24-33H2,1-10H3,(H2,52,59)(H,53,65)(H,54,64)(H,55,60)(H,56,62)(H,57,61)/t35-,36+,37+,40-,41-,42+,43-/m0/s1. The van der Waals surface area contributed by atoms with E-state index in [1.807, 2.05) is 39.0 Å². The highest BCUT2D eigenvalue weighted by molar-refractivity contribution is 5.94. The van der Waals surface area contributed by atoms with Gasteiger partial charge in [-0.25, -0.2) is 9.59 Å². The van der Waals surface area contributed by atoms with Gasteiger partial charge >= 0.3 is 12.2 Å². The number of alkyl carbamates (subject to hydrolysis) is 2. The molecule has 1 aliphatic carbocycles. The van der Waals surface area contributed by atoms with E-state index in [2.05, 4.69) is 33.5 Å². The number of hydrogen-bond donors (Lipinski definition) is 6. The summed E-state index contributed by atoms with van der Waals surface area (Å²) in [5, 5.41) is 13.8. The van der Waals surface area contributed by atoms with Gasteiger partial charge in [0.2, 0.25) is 29.5 Å². The summed E-state index contributed by atoms with van der Waals surface area (Å²) in [5.41, 5.74) is 5.87. The van der Waals surface area contributed by atoms with E-state index in [4.69, 9.17) is 24.7 Å². The molecular weight excluding hydrogens is 887 g/mol. The zero-order chi connectivity index (χ0) is 51.5. The number of nitrogens with two attached hydrogens (primary N) is 1. The van der Waals surface area contributed by atoms with Gasteiger partial charge in [-0.3, -0.25) is 24.0 Å². The number of benzene rings is 1. The molecule has 1 fully saturated rings. The number of nitrogens with zero attached hydrogens (tertiary/aromatic N) is 1. The fourth-order valence-electron chi connectivity index (χ4n) is 8.04. The number of carbonyl (C=O) groups is 7. The Labute approximate surface area is 411 Å². The number of amides is 7. The van der Waals surface area contributed by atoms with Crippen molar-refractivity contribution < 1.29 is 52.5 Å². The molecule has 0 aliphatic heterocycles. The lowest BCUT2D eigenvalue weighted by Crippen LogP contribution is -2.60. The van der Waals surface area contributed by atoms with Crippen LogP contribution in [0, 0.1) is 23.7 Å². The lowest BCUT2D eigenvalue weighted by molar-refractivity contribution is -0.147. The first-order valence-corrected chi connectivity index (χ1v) is 25.2. The minimum absolute atomic E-state index is 0.000243. The Morgan fingerprint density at radius 3 is 2.10 bits per heavy atom. The Morgan fingerprint density at radius 2 is 1.48 bits per heavy atom. The van der Waals surface area contributed by atoms with E-state index in [9.17, 15) is 33.6 Å². The number of rotatable bonds is 31. The van der Waals surface area contributed by atoms with Gasteiger partial charge in [0.05, 0.1) is 37.7 Å². The van der Waals surface area contributed by atoms with Crippen molar-refractivity contribution in [1.82, 2.24) is 31.5 Å². The summed E-state index contributed by atoms with van der Waals surface area (Å²) in [4.78, 5) is 94.4. The molecule has 392 valence electrons. The monoisotopic (exact) mass is 974 g/mol. The van der Waals surface area contributed by atoms with Gasteiger partial charge in [0.1, 0.15) is 30.3 Å². The van der Waals surface area contributed by atoms with Gasteiger partial charge in [-0.15, -0.1) is 0 Å². The molecule has 1 aromatic rings. The zero-order valence-corrected chi connectivity index (χ0v) is 43.3. The molecule has 0 bridgehead atoms. The second-order valence-corrected chi connectivity index (χ2v) is 20.1. The normalized spacial score (nSPS) is 16.1. The third-order valence-electron chi connectivity index (χ3n) is 12.0. The van der Waals surface area contributed by atoms with E-state index in [0.29, 0.717) is 45.3 Å². The largest absolute Gasteiger partial charge is 0.445 e. The number of likely N-dealkylation sites (N-methyl/N-ethyl adjacent to an activating group) is 1. The number of hydrogen-bond acceptors (Lipinski definition) is 11. The Balaban J connectivity index is 2.11. The predicted molar refractivity (Wildman–Crippen MR) is 264 cm³/mol. The topological polar surface area (TPSA) is 246 Å². The number of primary amides is 1. The molecule has 7 N–H and O–H groups in total. The van der Waals surface area contributed by atoms with Crippen LogP contribution in [0.5, 0.6) is 0 Å². The van der Waals surface area contributed by atoms with Gasteiger partial charge in [-0.1, -0.05) is 110 Å². The quantitative estimate of drug-likeness (QED) is 0.0480. The van der Waals surface area contributed by atoms with Crippen LogP contribution in [0.3, 0.4) is 0 Å². The van der Waals surface area contributed by atoms with Gasteiger partial charge in [-0.05, 0) is 77.2 Å². The number of carbonyl (C=O) groups excluding carboxylic acids is 7. The average Bonchev–Trinajstić information content (AvgIpc) is 3.30. The molecular formula is C51H87N7O11. The van der Waals surface area contributed by atoms with Crippen LogP contribution >= 0.6 is 0 Å². The molecule has 0 spiro atoms. The number of nitrogens with one attached hydrogen (secondary N) is 5. The van der Waals surface area contributed by atoms with E-state index in [0.717, 1.165) is 50.5 Å². The molecule has 7 amide bonds. The molecule has 18 nitrogen and oxygen atoms in total. The van der Waals surface area contributed by atoms with Crippen LogP contribution in [-0.4, -0.2) is 122 Å². The fraction of sp³-hybridized carbons (Fsp3) is 0.745. The summed E-state index contributed by atoms with van der Waals surface area (Å²) in [6.45, 7) is 17.6. The molecule has 0 heterocycles. The molecule has 18 heteroatoms. The second-order valence-electron chi connectivity index (χ2n) is 20.1. The lowest BCUT2D eigenvalue weighted by atomic mass is 9.83. The highest BCUT2D eigenvalue weighted by Gasteiger charge is 2.38. The van der Waals surface area contributed by atoms with Crippen molar-refractivity contribution >= 4 is 41.7 Å². The lowest BCUT2D eigenvalue weighted by Gasteiger charge is -2.36. The van der Waals surface area contributed by atoms with Crippen molar-refractivity contribution in [3.8, 4) is 0 Å². The molecule has 1 saturated carbocycles. The summed E-state index contributed by atoms with van der Waals surface area (Å²) < 4.78 is 22.6. The van der Waals surface area contributed by atoms with E-state index in [-0.39, 0.29) is 56.1 Å². The molecule has 0 unspecified atom stereocenters. The fourth-order valence-corrected chi connectivity index (χ4v) is 8.04. The van der Waals surface area contributed by atoms with Gasteiger partial charge in [0.25, 0.3) is 0 Å². The molecule has 1 aromatic carbocycles. The van der Waals surface area contributed by atoms with Crippen LogP contribution in [0.25, 0.3) is 0 Å². The summed E-state index contributed by atoms with van der Waals surface area (Å²) >= 11 is 0. The minimum atomic E-state index is -1.29. The van der Waals surface area contributed by atoms with Gasteiger partial charge in [-0.2, -0.15) is 0 Å². The average molecular weight is 974 g/mol. The predicted octanol–water partition coefficient (Wildman–Crippen LogP) is 5.89. The maximum atomic E-state index is 14.4. The van der Waals surface area contributed by atoms with Gasteiger partial charge in [0.15, 0.2) is 0 Å². The van der Waals surface area contributed by atoms with Crippen LogP contribution in [0.15, 0.2) is 30.3 Å². The third kappa shape index (κ3) is 24.4. The van der Waals surface area contributed by atoms with Crippen LogP contribution < -0.4 is 32.3 Å². The Kier molecular flexibility index (Phi) is 27.9. The van der Waals surface area contributed by atoms with Crippen LogP contribution in [0.2, 0.25) is 0 Å². The SMILES string of the molecule is CCCCCC[C@@H](OC[C@@H](C)NC(=O)[C@@H](C)COCCCNC(=O)OC(C)(C)C)[C@@H](C)C(=O)N(C)[C@@H](CC(C)C)C(=O)N[C@H](C(=O)N[C@@H](CNC(=O)OCc1ccccc1)C(N)=O)C1CCCCC1. The third-order valence-corrected chi connectivity index (χ3v) is 12.0.